The van der Waals surface area contributed by atoms with E-state index in [-0.39, 0.29) is 24.8 Å². The van der Waals surface area contributed by atoms with Crippen LogP contribution in [-0.4, -0.2) is 95.3 Å². The molecule has 2 rings (SSSR count). The maximum absolute atomic E-state index is 15.2. The summed E-state index contributed by atoms with van der Waals surface area (Å²) in [6, 6.07) is -1.20. The van der Waals surface area contributed by atoms with E-state index in [0.29, 0.717) is 12.8 Å². The highest BCUT2D eigenvalue weighted by molar-refractivity contribution is 7.86. The molecule has 3 radical (unpaired) electrons. The van der Waals surface area contributed by atoms with Gasteiger partial charge in [0.05, 0.1) is 26.2 Å². The first-order valence-corrected chi connectivity index (χ1v) is 31.9. The largest absolute Gasteiger partial charge is 0.510 e. The molecule has 0 aliphatic carbocycles. The number of nitrogens with one attached hydrogen (secondary N) is 1. The molecule has 3 N–H and O–H groups in total. The highest BCUT2D eigenvalue weighted by atomic mass is 31.3. The fraction of sp³-hybridized carbons (Fsp3) is 0.854. The smallest absolute Gasteiger partial charge is 0.462 e. The number of unbranched alkanes of at least 4 members (excludes halogenated alkanes) is 24. The molecule has 2 heterocycles. The zero-order chi connectivity index (χ0) is 57.2. The van der Waals surface area contributed by atoms with Crippen LogP contribution in [-0.2, 0) is 60.3 Å². The minimum Gasteiger partial charge on any atom is -0.462 e. The number of halogens is 2. The van der Waals surface area contributed by atoms with Crippen LogP contribution in [0, 0.1) is 6.92 Å². The molecule has 77 heavy (non-hydrogen) atoms. The second-order valence-electron chi connectivity index (χ2n) is 19.3. The molecule has 0 amide bonds. The van der Waals surface area contributed by atoms with Crippen molar-refractivity contribution in [1.82, 2.24) is 9.55 Å². The van der Waals surface area contributed by atoms with Crippen LogP contribution in [0.15, 0.2) is 20.9 Å². The van der Waals surface area contributed by atoms with Crippen molar-refractivity contribution in [2.24, 2.45) is 5.11 Å². The van der Waals surface area contributed by atoms with Gasteiger partial charge < -0.3 is 50.1 Å². The standard InChI is InChI=1S/C48H83BF2N5O18P3/c1-4-6-8-10-12-14-16-18-20-22-24-26-28-30-43(57)67-34-39(72-44(58)31-29-27-25-23-21-19-17-15-13-11-9-7-5-2)35-68-47(61)69-37-71-75(62,63)48(50,51)76(64,65)74-77(49,66)70-36-41-40(54-55-52)32-42(73-41)56-33-38(3)45(59)53-46(56)60/h33,39-42H,4-32,34-37H2,1-3H3,(H,62,63)(H,64,65)(H,53,59,60)/q-1/t39?,40-,41+,42+,77-/m0/s1. The third kappa shape index (κ3) is 28.5. The molecule has 1 aromatic heterocycles. The lowest BCUT2D eigenvalue weighted by molar-refractivity contribution is -0.162. The summed E-state index contributed by atoms with van der Waals surface area (Å²) in [7, 11) is -13.9. The Balaban J connectivity index is 1.89. The van der Waals surface area contributed by atoms with Crippen LogP contribution in [0.1, 0.15) is 212 Å². The maximum Gasteiger partial charge on any atom is 0.510 e. The van der Waals surface area contributed by atoms with Crippen molar-refractivity contribution in [3.05, 3.63) is 43.0 Å². The molecular formula is C48H83BF2N5O18P3-. The van der Waals surface area contributed by atoms with E-state index < -0.39 is 109 Å². The highest BCUT2D eigenvalue weighted by Crippen LogP contribution is 2.79. The Morgan fingerprint density at radius 2 is 1.23 bits per heavy atom. The number of aromatic amines is 1. The first-order chi connectivity index (χ1) is 36.6. The summed E-state index contributed by atoms with van der Waals surface area (Å²) in [4.78, 5) is 86.8. The van der Waals surface area contributed by atoms with Gasteiger partial charge in [-0.2, -0.15) is 8.78 Å². The second-order valence-corrected chi connectivity index (χ2v) is 25.1. The van der Waals surface area contributed by atoms with E-state index in [2.05, 4.69) is 37.4 Å². The SMILES string of the molecule is [B-][P@](=O)(OC[C@H]1O[C@@H](n2cc(C)c(=O)[nH]c2=O)C[C@@H]1N=[N+]=[N-])OP(=O)(O)C(F)(F)P(=O)(O)OCOC(=O)OCC(COC(=O)CCCCCCCCCCCCCCC)OC(=O)CCCCCCCCCCCCCCC. The third-order valence-corrected chi connectivity index (χ3v) is 18.3. The topological polar surface area (TPSA) is 320 Å². The summed E-state index contributed by atoms with van der Waals surface area (Å²) in [5.41, 5.74) is 7.47. The van der Waals surface area contributed by atoms with Crippen LogP contribution >= 0.6 is 22.7 Å². The summed E-state index contributed by atoms with van der Waals surface area (Å²) >= 11 is 0. The van der Waals surface area contributed by atoms with Gasteiger partial charge >= 0.3 is 44.4 Å². The fourth-order valence-corrected chi connectivity index (χ4v) is 12.5. The number of esters is 2. The van der Waals surface area contributed by atoms with Crippen molar-refractivity contribution in [2.45, 2.75) is 237 Å². The Labute approximate surface area is 451 Å². The normalized spacial score (nSPS) is 18.3. The van der Waals surface area contributed by atoms with Gasteiger partial charge in [-0.25, -0.2) is 9.59 Å². The number of ether oxygens (including phenoxy) is 5. The molecule has 29 heteroatoms. The number of H-pyrrole nitrogens is 1. The van der Waals surface area contributed by atoms with Gasteiger partial charge in [0.25, 0.3) is 5.56 Å². The van der Waals surface area contributed by atoms with Gasteiger partial charge in [0.2, 0.25) is 6.79 Å². The van der Waals surface area contributed by atoms with Crippen molar-refractivity contribution in [3.63, 3.8) is 0 Å². The monoisotopic (exact) mass is 1160 g/mol. The maximum atomic E-state index is 15.2. The number of rotatable bonds is 45. The van der Waals surface area contributed by atoms with Gasteiger partial charge in [-0.3, -0.25) is 41.9 Å². The number of aryl methyl sites for hydroxylation is 1. The van der Waals surface area contributed by atoms with Crippen molar-refractivity contribution in [1.29, 1.82) is 0 Å². The Bertz CT molecular complexity index is 2220. The second kappa shape index (κ2) is 38.3. The van der Waals surface area contributed by atoms with Gasteiger partial charge in [-0.05, 0) is 25.3 Å². The molecule has 0 bridgehead atoms. The first kappa shape index (κ1) is 69.7. The van der Waals surface area contributed by atoms with E-state index in [4.69, 9.17) is 36.6 Å². The summed E-state index contributed by atoms with van der Waals surface area (Å²) in [5.74, 6) is -1.26. The van der Waals surface area contributed by atoms with Crippen molar-refractivity contribution < 1.29 is 83.7 Å². The first-order valence-electron chi connectivity index (χ1n) is 27.2. The van der Waals surface area contributed by atoms with Crippen molar-refractivity contribution in [2.75, 3.05) is 26.6 Å². The molecule has 1 aliphatic rings. The van der Waals surface area contributed by atoms with Gasteiger partial charge in [0, 0.05) is 35.9 Å². The average molecular weight is 1160 g/mol. The molecule has 1 aromatic rings. The van der Waals surface area contributed by atoms with Crippen LogP contribution in [0.25, 0.3) is 10.4 Å². The number of carbonyl (C=O) groups is 3. The third-order valence-electron chi connectivity index (χ3n) is 12.7. The molecule has 1 aliphatic heterocycles. The Morgan fingerprint density at radius 1 is 0.766 bits per heavy atom. The fourth-order valence-electron chi connectivity index (χ4n) is 8.21. The summed E-state index contributed by atoms with van der Waals surface area (Å²) < 4.78 is 108. The number of carbonyl (C=O) groups excluding carboxylic acids is 3. The average Bonchev–Trinajstić information content (AvgIpc) is 3.77. The molecule has 0 spiro atoms. The van der Waals surface area contributed by atoms with Crippen molar-refractivity contribution in [3.8, 4) is 0 Å². The Morgan fingerprint density at radius 3 is 1.73 bits per heavy atom. The van der Waals surface area contributed by atoms with Gasteiger partial charge in [-0.15, -0.1) is 0 Å². The molecule has 1 fully saturated rings. The minimum absolute atomic E-state index is 0.0135. The van der Waals surface area contributed by atoms with Crippen molar-refractivity contribution >= 4 is 48.3 Å². The highest BCUT2D eigenvalue weighted by Gasteiger charge is 2.67. The van der Waals surface area contributed by atoms with Gasteiger partial charge in [-0.1, -0.05) is 173 Å². The number of alkyl halides is 2. The molecule has 0 saturated carbocycles. The summed E-state index contributed by atoms with van der Waals surface area (Å²) in [6.07, 6.45) is 24.0. The Kier molecular flexibility index (Phi) is 34.6. The van der Waals surface area contributed by atoms with E-state index in [0.717, 1.165) is 68.6 Å². The molecule has 7 atom stereocenters. The van der Waals surface area contributed by atoms with E-state index in [1.807, 2.05) is 4.98 Å². The predicted octanol–water partition coefficient (Wildman–Crippen LogP) is 12.6. The molecule has 0 aromatic carbocycles. The number of nitrogens with zero attached hydrogens (tertiary/aromatic N) is 4. The van der Waals surface area contributed by atoms with Gasteiger partial charge in [0.15, 0.2) is 6.10 Å². The zero-order valence-corrected chi connectivity index (χ0v) is 47.8. The summed E-state index contributed by atoms with van der Waals surface area (Å²) in [6.45, 7) is 1.63. The van der Waals surface area contributed by atoms with Crippen LogP contribution in [0.5, 0.6) is 0 Å². The lowest BCUT2D eigenvalue weighted by Gasteiger charge is -2.33. The molecule has 1 saturated heterocycles. The number of azide groups is 1. The Hall–Kier alpha value is -3.43. The summed E-state index contributed by atoms with van der Waals surface area (Å²) in [5, 5.41) is -2.34. The molecule has 441 valence electrons. The lowest BCUT2D eigenvalue weighted by atomic mass is 10.0. The lowest BCUT2D eigenvalue weighted by Crippen LogP contribution is -2.33. The van der Waals surface area contributed by atoms with E-state index in [1.54, 1.807) is 0 Å². The van der Waals surface area contributed by atoms with Crippen LogP contribution in [0.4, 0.5) is 13.6 Å². The van der Waals surface area contributed by atoms with E-state index in [9.17, 15) is 47.5 Å². The number of aromatic nitrogens is 2. The molecule has 3 unspecified atom stereocenters. The molecular weight excluding hydrogens is 1080 g/mol. The quantitative estimate of drug-likeness (QED) is 0.00629. The molecule has 23 nitrogen and oxygen atoms in total. The van der Waals surface area contributed by atoms with Crippen LogP contribution < -0.4 is 11.2 Å². The number of hydrogen-bond donors (Lipinski definition) is 3. The number of hydrogen-bond acceptors (Lipinski definition) is 17. The van der Waals surface area contributed by atoms with Crippen LogP contribution in [0.3, 0.4) is 0 Å². The predicted molar refractivity (Wildman–Crippen MR) is 282 cm³/mol. The van der Waals surface area contributed by atoms with Crippen LogP contribution in [0.2, 0.25) is 0 Å². The minimum atomic E-state index is -6.92. The zero-order valence-electron chi connectivity index (χ0n) is 45.1. The van der Waals surface area contributed by atoms with Gasteiger partial charge in [0.1, 0.15) is 19.4 Å². The van der Waals surface area contributed by atoms with E-state index in [1.165, 1.54) is 103 Å². The van der Waals surface area contributed by atoms with E-state index >= 15 is 8.78 Å².